The summed E-state index contributed by atoms with van der Waals surface area (Å²) < 4.78 is 11.2. The van der Waals surface area contributed by atoms with E-state index in [1.807, 2.05) is 6.07 Å². The quantitative estimate of drug-likeness (QED) is 0.748. The maximum atomic E-state index is 6.02. The Morgan fingerprint density at radius 3 is 2.71 bits per heavy atom. The van der Waals surface area contributed by atoms with Gasteiger partial charge in [-0.2, -0.15) is 0 Å². The fraction of sp³-hybridized carbons (Fsp3) is 0.538. The second-order valence-electron chi connectivity index (χ2n) is 4.34. The molecule has 0 aliphatic heterocycles. The van der Waals surface area contributed by atoms with Crippen molar-refractivity contribution in [3.63, 3.8) is 0 Å². The molecule has 1 saturated carbocycles. The third kappa shape index (κ3) is 3.08. The molecule has 94 valence electrons. The Kier molecular flexibility index (Phi) is 4.57. The van der Waals surface area contributed by atoms with E-state index in [1.165, 1.54) is 19.3 Å². The maximum absolute atomic E-state index is 6.02. The van der Waals surface area contributed by atoms with Gasteiger partial charge in [0.15, 0.2) is 11.5 Å². The number of alkyl halides is 1. The number of hydrogen-bond donors (Lipinski definition) is 0. The van der Waals surface area contributed by atoms with Crippen LogP contribution in [0.15, 0.2) is 12.1 Å². The van der Waals surface area contributed by atoms with Crippen LogP contribution in [0.25, 0.3) is 0 Å². The van der Waals surface area contributed by atoms with Crippen molar-refractivity contribution in [2.75, 3.05) is 13.7 Å². The van der Waals surface area contributed by atoms with Crippen LogP contribution < -0.4 is 9.47 Å². The zero-order chi connectivity index (χ0) is 12.3. The van der Waals surface area contributed by atoms with E-state index in [0.717, 1.165) is 17.9 Å². The summed E-state index contributed by atoms with van der Waals surface area (Å²) in [5.74, 6) is 2.24. The van der Waals surface area contributed by atoms with E-state index in [-0.39, 0.29) is 0 Å². The van der Waals surface area contributed by atoms with E-state index in [4.69, 9.17) is 21.1 Å². The minimum atomic E-state index is 0.673. The van der Waals surface area contributed by atoms with Gasteiger partial charge in [-0.1, -0.05) is 34.0 Å². The summed E-state index contributed by atoms with van der Waals surface area (Å²) in [5.41, 5.74) is 1.04. The number of benzene rings is 1. The predicted octanol–water partition coefficient (Wildman–Crippen LogP) is 4.42. The molecule has 4 heteroatoms. The SMILES string of the molecule is COc1cc(Cl)cc(CBr)c1OCC1CCC1. The molecule has 0 spiro atoms. The van der Waals surface area contributed by atoms with Crippen molar-refractivity contribution in [3.8, 4) is 11.5 Å². The lowest BCUT2D eigenvalue weighted by Crippen LogP contribution is -2.19. The first-order valence-electron chi connectivity index (χ1n) is 5.79. The standard InChI is InChI=1S/C13H16BrClO2/c1-16-12-6-11(15)5-10(7-14)13(12)17-8-9-3-2-4-9/h5-6,9H,2-4,7-8H2,1H3. The largest absolute Gasteiger partial charge is 0.493 e. The topological polar surface area (TPSA) is 18.5 Å². The molecule has 1 aliphatic carbocycles. The molecule has 0 atom stereocenters. The summed E-state index contributed by atoms with van der Waals surface area (Å²) in [6.45, 7) is 0.776. The van der Waals surface area contributed by atoms with Crippen molar-refractivity contribution < 1.29 is 9.47 Å². The van der Waals surface area contributed by atoms with Gasteiger partial charge in [-0.15, -0.1) is 0 Å². The van der Waals surface area contributed by atoms with Crippen LogP contribution in [0.5, 0.6) is 11.5 Å². The van der Waals surface area contributed by atoms with Crippen molar-refractivity contribution in [2.45, 2.75) is 24.6 Å². The fourth-order valence-electron chi connectivity index (χ4n) is 1.90. The molecule has 17 heavy (non-hydrogen) atoms. The van der Waals surface area contributed by atoms with Gasteiger partial charge in [-0.25, -0.2) is 0 Å². The van der Waals surface area contributed by atoms with Gasteiger partial charge in [0.2, 0.25) is 0 Å². The number of methoxy groups -OCH3 is 1. The van der Waals surface area contributed by atoms with E-state index >= 15 is 0 Å². The molecule has 0 aromatic heterocycles. The third-order valence-corrected chi connectivity index (χ3v) is 3.97. The summed E-state index contributed by atoms with van der Waals surface area (Å²) in [7, 11) is 1.64. The van der Waals surface area contributed by atoms with Gasteiger partial charge in [0.05, 0.1) is 13.7 Å². The van der Waals surface area contributed by atoms with E-state index in [0.29, 0.717) is 22.0 Å². The van der Waals surface area contributed by atoms with E-state index in [2.05, 4.69) is 15.9 Å². The minimum Gasteiger partial charge on any atom is -0.493 e. The number of hydrogen-bond acceptors (Lipinski definition) is 2. The molecule has 1 fully saturated rings. The van der Waals surface area contributed by atoms with Crippen molar-refractivity contribution in [1.82, 2.24) is 0 Å². The minimum absolute atomic E-state index is 0.673. The molecule has 1 aliphatic rings. The van der Waals surface area contributed by atoms with E-state index < -0.39 is 0 Å². The Morgan fingerprint density at radius 1 is 1.41 bits per heavy atom. The van der Waals surface area contributed by atoms with Crippen molar-refractivity contribution >= 4 is 27.5 Å². The van der Waals surface area contributed by atoms with Crippen LogP contribution in [0, 0.1) is 5.92 Å². The molecule has 1 aromatic carbocycles. The second-order valence-corrected chi connectivity index (χ2v) is 5.34. The molecular formula is C13H16BrClO2. The summed E-state index contributed by atoms with van der Waals surface area (Å²) in [5, 5.41) is 1.39. The smallest absolute Gasteiger partial charge is 0.165 e. The molecule has 0 unspecified atom stereocenters. The predicted molar refractivity (Wildman–Crippen MR) is 73.5 cm³/mol. The van der Waals surface area contributed by atoms with Gasteiger partial charge in [0, 0.05) is 22.0 Å². The molecule has 0 amide bonds. The van der Waals surface area contributed by atoms with Crippen LogP contribution in [-0.4, -0.2) is 13.7 Å². The molecule has 0 heterocycles. The fourth-order valence-corrected chi connectivity index (χ4v) is 2.55. The summed E-state index contributed by atoms with van der Waals surface area (Å²) in [6.07, 6.45) is 3.89. The lowest BCUT2D eigenvalue weighted by atomic mass is 9.86. The average molecular weight is 320 g/mol. The van der Waals surface area contributed by atoms with E-state index in [9.17, 15) is 0 Å². The highest BCUT2D eigenvalue weighted by molar-refractivity contribution is 9.08. The van der Waals surface area contributed by atoms with Crippen LogP contribution in [0.2, 0.25) is 5.02 Å². The lowest BCUT2D eigenvalue weighted by Gasteiger charge is -2.26. The van der Waals surface area contributed by atoms with Crippen molar-refractivity contribution in [3.05, 3.63) is 22.7 Å². The second kappa shape index (κ2) is 5.96. The zero-order valence-electron chi connectivity index (χ0n) is 9.84. The monoisotopic (exact) mass is 318 g/mol. The number of ether oxygens (including phenoxy) is 2. The zero-order valence-corrected chi connectivity index (χ0v) is 12.2. The number of halogens is 2. The van der Waals surface area contributed by atoms with Gasteiger partial charge in [-0.3, -0.25) is 0 Å². The first-order valence-corrected chi connectivity index (χ1v) is 7.29. The molecule has 0 saturated heterocycles. The first kappa shape index (κ1) is 13.0. The maximum Gasteiger partial charge on any atom is 0.165 e. The van der Waals surface area contributed by atoms with Gasteiger partial charge in [0.1, 0.15) is 0 Å². The van der Waals surface area contributed by atoms with Crippen LogP contribution >= 0.6 is 27.5 Å². The Balaban J connectivity index is 2.16. The Labute approximate surface area is 115 Å². The highest BCUT2D eigenvalue weighted by Crippen LogP contribution is 2.37. The van der Waals surface area contributed by atoms with Crippen LogP contribution in [0.1, 0.15) is 24.8 Å². The molecule has 1 aromatic rings. The van der Waals surface area contributed by atoms with Crippen LogP contribution in [0.4, 0.5) is 0 Å². The van der Waals surface area contributed by atoms with Crippen LogP contribution in [0.3, 0.4) is 0 Å². The summed E-state index contributed by atoms with van der Waals surface area (Å²) in [4.78, 5) is 0. The molecule has 2 rings (SSSR count). The van der Waals surface area contributed by atoms with Crippen LogP contribution in [-0.2, 0) is 5.33 Å². The Hall–Kier alpha value is -0.410. The molecule has 2 nitrogen and oxygen atoms in total. The highest BCUT2D eigenvalue weighted by atomic mass is 79.9. The van der Waals surface area contributed by atoms with Gasteiger partial charge < -0.3 is 9.47 Å². The molecule has 0 N–H and O–H groups in total. The third-order valence-electron chi connectivity index (χ3n) is 3.15. The number of rotatable bonds is 5. The van der Waals surface area contributed by atoms with E-state index in [1.54, 1.807) is 13.2 Å². The Bertz CT molecular complexity index is 366. The molecule has 0 radical (unpaired) electrons. The highest BCUT2D eigenvalue weighted by Gasteiger charge is 2.20. The van der Waals surface area contributed by atoms with Gasteiger partial charge in [-0.05, 0) is 24.8 Å². The molecule has 0 bridgehead atoms. The van der Waals surface area contributed by atoms with Gasteiger partial charge in [0.25, 0.3) is 0 Å². The first-order chi connectivity index (χ1) is 8.24. The normalized spacial score (nSPS) is 15.5. The Morgan fingerprint density at radius 2 is 2.18 bits per heavy atom. The van der Waals surface area contributed by atoms with Crippen molar-refractivity contribution in [1.29, 1.82) is 0 Å². The van der Waals surface area contributed by atoms with Gasteiger partial charge >= 0.3 is 0 Å². The average Bonchev–Trinajstić information content (AvgIpc) is 2.27. The summed E-state index contributed by atoms with van der Waals surface area (Å²) in [6, 6.07) is 3.71. The lowest BCUT2D eigenvalue weighted by molar-refractivity contribution is 0.175. The summed E-state index contributed by atoms with van der Waals surface area (Å²) >= 11 is 9.47. The molecular weight excluding hydrogens is 303 g/mol. The van der Waals surface area contributed by atoms with Crippen molar-refractivity contribution in [2.24, 2.45) is 5.92 Å².